The molecule has 0 amide bonds. The maximum atomic E-state index is 14.5. The molecule has 2 heterocycles. The molecule has 2 aromatic carbocycles. The number of benzene rings is 2. The molecule has 0 saturated carbocycles. The monoisotopic (exact) mass is 374 g/mol. The fourth-order valence-electron chi connectivity index (χ4n) is 3.29. The first-order valence-corrected chi connectivity index (χ1v) is 9.56. The van der Waals surface area contributed by atoms with Crippen molar-refractivity contribution in [1.82, 2.24) is 9.88 Å². The first-order chi connectivity index (χ1) is 12.6. The molecule has 4 rings (SSSR count). The molecule has 1 aliphatic rings. The molecule has 0 aliphatic carbocycles. The summed E-state index contributed by atoms with van der Waals surface area (Å²) in [6.07, 6.45) is 1.19. The van der Waals surface area contributed by atoms with Gasteiger partial charge in [-0.15, -0.1) is 11.3 Å². The molecule has 3 aromatic rings. The molecule has 1 saturated heterocycles. The van der Waals surface area contributed by atoms with Crippen molar-refractivity contribution in [2.45, 2.75) is 25.0 Å². The highest BCUT2D eigenvalue weighted by Crippen LogP contribution is 2.36. The Labute approximate surface area is 155 Å². The maximum absolute atomic E-state index is 14.5. The Hall–Kier alpha value is -1.89. The van der Waals surface area contributed by atoms with Crippen molar-refractivity contribution in [2.75, 3.05) is 20.1 Å². The van der Waals surface area contributed by atoms with E-state index in [1.807, 2.05) is 24.3 Å². The lowest BCUT2D eigenvalue weighted by Gasteiger charge is -2.31. The third-order valence-corrected chi connectivity index (χ3v) is 5.85. The lowest BCUT2D eigenvalue weighted by molar-refractivity contribution is -0.0247. The molecule has 1 fully saturated rings. The molecule has 0 radical (unpaired) electrons. The van der Waals surface area contributed by atoms with Crippen LogP contribution in [0.15, 0.2) is 42.5 Å². The average Bonchev–Trinajstić information content (AvgIpc) is 3.06. The number of piperidine rings is 1. The van der Waals surface area contributed by atoms with E-state index < -0.39 is 17.7 Å². The summed E-state index contributed by atoms with van der Waals surface area (Å²) in [6, 6.07) is 11.5. The highest BCUT2D eigenvalue weighted by molar-refractivity contribution is 7.18. The van der Waals surface area contributed by atoms with Gasteiger partial charge in [0.25, 0.3) is 0 Å². The third kappa shape index (κ3) is 3.63. The fraction of sp³-hybridized carbons (Fsp3) is 0.350. The summed E-state index contributed by atoms with van der Waals surface area (Å²) in [5, 5.41) is 0.704. The van der Waals surface area contributed by atoms with Gasteiger partial charge in [-0.1, -0.05) is 18.2 Å². The van der Waals surface area contributed by atoms with E-state index in [2.05, 4.69) is 16.9 Å². The van der Waals surface area contributed by atoms with E-state index in [0.29, 0.717) is 10.6 Å². The number of nitrogens with zero attached hydrogens (tertiary/aromatic N) is 2. The predicted octanol–water partition coefficient (Wildman–Crippen LogP) is 4.77. The molecule has 0 spiro atoms. The van der Waals surface area contributed by atoms with Crippen LogP contribution in [0.2, 0.25) is 0 Å². The van der Waals surface area contributed by atoms with Gasteiger partial charge < -0.3 is 9.64 Å². The second-order valence-electron chi connectivity index (χ2n) is 6.70. The van der Waals surface area contributed by atoms with Crippen LogP contribution in [-0.4, -0.2) is 36.1 Å². The van der Waals surface area contributed by atoms with Gasteiger partial charge in [-0.25, -0.2) is 13.8 Å². The van der Waals surface area contributed by atoms with Crippen molar-refractivity contribution >= 4 is 21.6 Å². The minimum atomic E-state index is -0.624. The normalized spacial score (nSPS) is 17.7. The number of fused-ring (bicyclic) bond motifs is 1. The van der Waals surface area contributed by atoms with Crippen molar-refractivity contribution in [3.05, 3.63) is 64.7 Å². The number of hydrogen-bond donors (Lipinski definition) is 0. The Bertz CT molecular complexity index is 873. The number of hydrogen-bond acceptors (Lipinski definition) is 4. The van der Waals surface area contributed by atoms with Crippen LogP contribution in [0.4, 0.5) is 8.78 Å². The maximum Gasteiger partial charge on any atom is 0.137 e. The van der Waals surface area contributed by atoms with Gasteiger partial charge in [-0.05, 0) is 38.1 Å². The number of para-hydroxylation sites is 1. The molecule has 6 heteroatoms. The lowest BCUT2D eigenvalue weighted by atomic mass is 10.1. The van der Waals surface area contributed by atoms with Gasteiger partial charge in [0.15, 0.2) is 0 Å². The highest BCUT2D eigenvalue weighted by Gasteiger charge is 2.28. The topological polar surface area (TPSA) is 25.4 Å². The first-order valence-electron chi connectivity index (χ1n) is 8.74. The number of thiazole rings is 1. The van der Waals surface area contributed by atoms with Gasteiger partial charge >= 0.3 is 0 Å². The van der Waals surface area contributed by atoms with Gasteiger partial charge in [-0.3, -0.25) is 0 Å². The minimum Gasteiger partial charge on any atom is -0.363 e. The van der Waals surface area contributed by atoms with Crippen LogP contribution < -0.4 is 0 Å². The van der Waals surface area contributed by atoms with Crippen LogP contribution in [0, 0.1) is 11.6 Å². The third-order valence-electron chi connectivity index (χ3n) is 4.77. The SMILES string of the molecule is CN1CCC(OC(c2nc3ccccc3s2)c2ccc(F)cc2F)CC1. The smallest absolute Gasteiger partial charge is 0.137 e. The summed E-state index contributed by atoms with van der Waals surface area (Å²) < 4.78 is 35.2. The summed E-state index contributed by atoms with van der Waals surface area (Å²) >= 11 is 1.50. The summed E-state index contributed by atoms with van der Waals surface area (Å²) in [7, 11) is 2.08. The number of halogens is 2. The Morgan fingerprint density at radius 3 is 2.65 bits per heavy atom. The summed E-state index contributed by atoms with van der Waals surface area (Å²) in [4.78, 5) is 6.91. The van der Waals surface area contributed by atoms with Crippen LogP contribution in [0.3, 0.4) is 0 Å². The summed E-state index contributed by atoms with van der Waals surface area (Å²) in [6.45, 7) is 1.90. The molecule has 136 valence electrons. The van der Waals surface area contributed by atoms with Crippen molar-refractivity contribution in [3.8, 4) is 0 Å². The second-order valence-corrected chi connectivity index (χ2v) is 7.77. The quantitative estimate of drug-likeness (QED) is 0.657. The van der Waals surface area contributed by atoms with E-state index in [-0.39, 0.29) is 6.10 Å². The van der Waals surface area contributed by atoms with E-state index in [9.17, 15) is 8.78 Å². The van der Waals surface area contributed by atoms with Gasteiger partial charge in [0, 0.05) is 24.7 Å². The zero-order chi connectivity index (χ0) is 18.1. The van der Waals surface area contributed by atoms with E-state index in [0.717, 1.165) is 42.2 Å². The van der Waals surface area contributed by atoms with Crippen LogP contribution in [0.25, 0.3) is 10.2 Å². The van der Waals surface area contributed by atoms with E-state index in [4.69, 9.17) is 4.74 Å². The molecular weight excluding hydrogens is 354 g/mol. The van der Waals surface area contributed by atoms with Crippen LogP contribution in [-0.2, 0) is 4.74 Å². The standard InChI is InChI=1S/C20H20F2N2OS/c1-24-10-8-14(9-11-24)25-19(15-7-6-13(21)12-16(15)22)20-23-17-4-2-3-5-18(17)26-20/h2-7,12,14,19H,8-11H2,1H3. The molecule has 1 aliphatic heterocycles. The number of ether oxygens (including phenoxy) is 1. The number of likely N-dealkylation sites (tertiary alicyclic amines) is 1. The molecule has 1 unspecified atom stereocenters. The van der Waals surface area contributed by atoms with Crippen LogP contribution in [0.1, 0.15) is 29.5 Å². The van der Waals surface area contributed by atoms with Gasteiger partial charge in [0.1, 0.15) is 22.7 Å². The summed E-state index contributed by atoms with van der Waals surface area (Å²) in [5.74, 6) is -1.18. The molecular formula is C20H20F2N2OS. The number of aromatic nitrogens is 1. The predicted molar refractivity (Wildman–Crippen MR) is 99.4 cm³/mol. The molecule has 26 heavy (non-hydrogen) atoms. The fourth-order valence-corrected chi connectivity index (χ4v) is 4.32. The highest BCUT2D eigenvalue weighted by atomic mass is 32.1. The summed E-state index contributed by atoms with van der Waals surface area (Å²) in [5.41, 5.74) is 1.20. The van der Waals surface area contributed by atoms with Crippen molar-refractivity contribution in [2.24, 2.45) is 0 Å². The lowest BCUT2D eigenvalue weighted by Crippen LogP contribution is -2.35. The zero-order valence-corrected chi connectivity index (χ0v) is 15.3. The molecule has 1 atom stereocenters. The molecule has 1 aromatic heterocycles. The Balaban J connectivity index is 1.70. The Morgan fingerprint density at radius 2 is 1.92 bits per heavy atom. The van der Waals surface area contributed by atoms with E-state index in [1.54, 1.807) is 0 Å². The van der Waals surface area contributed by atoms with Crippen LogP contribution in [0.5, 0.6) is 0 Å². The average molecular weight is 374 g/mol. The van der Waals surface area contributed by atoms with Crippen molar-refractivity contribution in [1.29, 1.82) is 0 Å². The molecule has 0 N–H and O–H groups in total. The van der Waals surface area contributed by atoms with Crippen molar-refractivity contribution < 1.29 is 13.5 Å². The second kappa shape index (κ2) is 7.39. The minimum absolute atomic E-state index is 0.0349. The van der Waals surface area contributed by atoms with Crippen LogP contribution >= 0.6 is 11.3 Å². The number of rotatable bonds is 4. The van der Waals surface area contributed by atoms with Crippen molar-refractivity contribution in [3.63, 3.8) is 0 Å². The van der Waals surface area contributed by atoms with Gasteiger partial charge in [0.2, 0.25) is 0 Å². The Morgan fingerprint density at radius 1 is 1.15 bits per heavy atom. The van der Waals surface area contributed by atoms with Gasteiger partial charge in [-0.2, -0.15) is 0 Å². The van der Waals surface area contributed by atoms with E-state index >= 15 is 0 Å². The largest absolute Gasteiger partial charge is 0.363 e. The van der Waals surface area contributed by atoms with E-state index in [1.165, 1.54) is 23.5 Å². The van der Waals surface area contributed by atoms with Gasteiger partial charge in [0.05, 0.1) is 16.3 Å². The Kier molecular flexibility index (Phi) is 4.98. The molecule has 3 nitrogen and oxygen atoms in total. The molecule has 0 bridgehead atoms. The zero-order valence-electron chi connectivity index (χ0n) is 14.5. The first kappa shape index (κ1) is 17.5.